The molecule has 3 rings (SSSR count). The molecule has 0 unspecified atom stereocenters. The van der Waals surface area contributed by atoms with E-state index in [1.807, 2.05) is 41.8 Å². The molecule has 118 valence electrons. The number of rotatable bonds is 6. The van der Waals surface area contributed by atoms with Crippen LogP contribution in [0.2, 0.25) is 5.02 Å². The monoisotopic (exact) mass is 346 g/mol. The van der Waals surface area contributed by atoms with Crippen LogP contribution in [0.3, 0.4) is 0 Å². The van der Waals surface area contributed by atoms with Crippen molar-refractivity contribution in [1.29, 1.82) is 0 Å². The Morgan fingerprint density at radius 2 is 2.17 bits per heavy atom. The lowest BCUT2D eigenvalue weighted by Gasteiger charge is -2.07. The van der Waals surface area contributed by atoms with Crippen LogP contribution in [-0.2, 0) is 6.54 Å². The Labute approximate surface area is 143 Å². The molecule has 0 fully saturated rings. The van der Waals surface area contributed by atoms with E-state index < -0.39 is 0 Å². The Bertz CT molecular complexity index is 813. The molecule has 7 heteroatoms. The number of thioether (sulfide) groups is 1. The molecule has 2 heterocycles. The average molecular weight is 347 g/mol. The third kappa shape index (κ3) is 3.48. The van der Waals surface area contributed by atoms with E-state index in [0.717, 1.165) is 16.5 Å². The highest BCUT2D eigenvalue weighted by atomic mass is 35.5. The van der Waals surface area contributed by atoms with Crippen molar-refractivity contribution in [1.82, 2.24) is 19.7 Å². The molecule has 0 bridgehead atoms. The summed E-state index contributed by atoms with van der Waals surface area (Å²) in [6, 6.07) is 11.1. The molecule has 0 saturated carbocycles. The maximum absolute atomic E-state index is 12.1. The fraction of sp³-hybridized carbons (Fsp3) is 0.188. The third-order valence-electron chi connectivity index (χ3n) is 3.35. The smallest absolute Gasteiger partial charge is 0.191 e. The van der Waals surface area contributed by atoms with Gasteiger partial charge in [-0.15, -0.1) is 10.2 Å². The second-order valence-electron chi connectivity index (χ2n) is 4.86. The van der Waals surface area contributed by atoms with Gasteiger partial charge >= 0.3 is 0 Å². The Kier molecular flexibility index (Phi) is 4.83. The second-order valence-corrected chi connectivity index (χ2v) is 6.24. The molecule has 0 aliphatic rings. The minimum atomic E-state index is 0.0370. The van der Waals surface area contributed by atoms with E-state index >= 15 is 0 Å². The molecular formula is C16H15ClN4OS. The lowest BCUT2D eigenvalue weighted by atomic mass is 10.2. The number of carbonyl (C=O) groups excluding carboxylic acids is 1. The second kappa shape index (κ2) is 7.02. The number of carbonyl (C=O) groups is 1. The van der Waals surface area contributed by atoms with Gasteiger partial charge in [-0.1, -0.05) is 35.5 Å². The van der Waals surface area contributed by atoms with Crippen molar-refractivity contribution in [3.05, 3.63) is 53.3 Å². The van der Waals surface area contributed by atoms with Crippen LogP contribution in [0.4, 0.5) is 0 Å². The Hall–Kier alpha value is -2.05. The third-order valence-corrected chi connectivity index (χ3v) is 4.55. The van der Waals surface area contributed by atoms with Gasteiger partial charge in [0.25, 0.3) is 0 Å². The number of ketones is 1. The lowest BCUT2D eigenvalue weighted by Crippen LogP contribution is -2.05. The molecule has 0 radical (unpaired) electrons. The predicted molar refractivity (Wildman–Crippen MR) is 92.0 cm³/mol. The Morgan fingerprint density at radius 1 is 1.30 bits per heavy atom. The summed E-state index contributed by atoms with van der Waals surface area (Å²) in [4.78, 5) is 15.0. The van der Waals surface area contributed by atoms with Crippen molar-refractivity contribution in [3.8, 4) is 11.4 Å². The highest BCUT2D eigenvalue weighted by Gasteiger charge is 2.15. The van der Waals surface area contributed by atoms with Gasteiger partial charge in [-0.3, -0.25) is 4.79 Å². The molecule has 0 aliphatic carbocycles. The standard InChI is InChI=1S/C16H15ClN4OS/c1-2-21-15(11-5-3-6-12(17)9-11)19-20-16(21)23-10-14(22)13-7-4-8-18-13/h3-9,18H,2,10H2,1H3. The summed E-state index contributed by atoms with van der Waals surface area (Å²) in [5.74, 6) is 1.11. The molecule has 2 aromatic heterocycles. The molecule has 3 aromatic rings. The summed E-state index contributed by atoms with van der Waals surface area (Å²) in [6.45, 7) is 2.74. The van der Waals surface area contributed by atoms with Crippen molar-refractivity contribution < 1.29 is 4.79 Å². The fourth-order valence-corrected chi connectivity index (χ4v) is 3.31. The van der Waals surface area contributed by atoms with Crippen molar-refractivity contribution in [2.24, 2.45) is 0 Å². The molecule has 0 spiro atoms. The zero-order chi connectivity index (χ0) is 16.2. The summed E-state index contributed by atoms with van der Waals surface area (Å²) in [5.41, 5.74) is 1.52. The van der Waals surface area contributed by atoms with E-state index in [2.05, 4.69) is 15.2 Å². The first kappa shape index (κ1) is 15.8. The zero-order valence-corrected chi connectivity index (χ0v) is 14.1. The van der Waals surface area contributed by atoms with Gasteiger partial charge in [-0.25, -0.2) is 0 Å². The topological polar surface area (TPSA) is 63.6 Å². The van der Waals surface area contributed by atoms with Crippen LogP contribution >= 0.6 is 23.4 Å². The van der Waals surface area contributed by atoms with Crippen LogP contribution in [0.5, 0.6) is 0 Å². The number of benzene rings is 1. The van der Waals surface area contributed by atoms with Crippen molar-refractivity contribution in [2.75, 3.05) is 5.75 Å². The number of Topliss-reactive ketones (excluding diaryl/α,β-unsaturated/α-hetero) is 1. The predicted octanol–water partition coefficient (Wildman–Crippen LogP) is 3.92. The average Bonchev–Trinajstić information content (AvgIpc) is 3.21. The van der Waals surface area contributed by atoms with Gasteiger partial charge in [0.15, 0.2) is 16.8 Å². The quantitative estimate of drug-likeness (QED) is 0.542. The molecular weight excluding hydrogens is 332 g/mol. The number of nitrogens with zero attached hydrogens (tertiary/aromatic N) is 3. The molecule has 1 aromatic carbocycles. The van der Waals surface area contributed by atoms with Gasteiger partial charge in [0.05, 0.1) is 11.4 Å². The highest BCUT2D eigenvalue weighted by Crippen LogP contribution is 2.26. The first-order valence-corrected chi connectivity index (χ1v) is 8.54. The van der Waals surface area contributed by atoms with Crippen LogP contribution < -0.4 is 0 Å². The maximum atomic E-state index is 12.1. The molecule has 0 atom stereocenters. The van der Waals surface area contributed by atoms with Crippen LogP contribution in [0.15, 0.2) is 47.8 Å². The zero-order valence-electron chi connectivity index (χ0n) is 12.5. The summed E-state index contributed by atoms with van der Waals surface area (Å²) in [7, 11) is 0. The van der Waals surface area contributed by atoms with Gasteiger partial charge < -0.3 is 9.55 Å². The fourth-order valence-electron chi connectivity index (χ4n) is 2.23. The number of aromatic nitrogens is 4. The molecule has 23 heavy (non-hydrogen) atoms. The van der Waals surface area contributed by atoms with E-state index in [0.29, 0.717) is 23.0 Å². The van der Waals surface area contributed by atoms with Gasteiger partial charge in [-0.05, 0) is 31.2 Å². The Balaban J connectivity index is 1.80. The van der Waals surface area contributed by atoms with E-state index in [9.17, 15) is 4.79 Å². The van der Waals surface area contributed by atoms with E-state index in [4.69, 9.17) is 11.6 Å². The molecule has 0 amide bonds. The lowest BCUT2D eigenvalue weighted by molar-refractivity contribution is 0.101. The maximum Gasteiger partial charge on any atom is 0.191 e. The minimum absolute atomic E-state index is 0.0370. The van der Waals surface area contributed by atoms with E-state index in [1.165, 1.54) is 11.8 Å². The summed E-state index contributed by atoms with van der Waals surface area (Å²) in [6.07, 6.45) is 1.74. The van der Waals surface area contributed by atoms with E-state index in [-0.39, 0.29) is 5.78 Å². The van der Waals surface area contributed by atoms with Crippen molar-refractivity contribution in [2.45, 2.75) is 18.6 Å². The van der Waals surface area contributed by atoms with Gasteiger partial charge in [0, 0.05) is 23.3 Å². The summed E-state index contributed by atoms with van der Waals surface area (Å²) in [5, 5.41) is 9.85. The van der Waals surface area contributed by atoms with Gasteiger partial charge in [-0.2, -0.15) is 0 Å². The van der Waals surface area contributed by atoms with Crippen LogP contribution in [0.25, 0.3) is 11.4 Å². The van der Waals surface area contributed by atoms with Crippen molar-refractivity contribution in [3.63, 3.8) is 0 Å². The van der Waals surface area contributed by atoms with Crippen LogP contribution in [-0.4, -0.2) is 31.3 Å². The largest absolute Gasteiger partial charge is 0.359 e. The number of nitrogens with one attached hydrogen (secondary N) is 1. The number of H-pyrrole nitrogens is 1. The minimum Gasteiger partial charge on any atom is -0.359 e. The molecule has 1 N–H and O–H groups in total. The van der Waals surface area contributed by atoms with Crippen LogP contribution in [0.1, 0.15) is 17.4 Å². The molecule has 0 saturated heterocycles. The van der Waals surface area contributed by atoms with Crippen LogP contribution in [0, 0.1) is 0 Å². The summed E-state index contributed by atoms with van der Waals surface area (Å²) >= 11 is 7.43. The molecule has 0 aliphatic heterocycles. The first-order valence-electron chi connectivity index (χ1n) is 7.17. The van der Waals surface area contributed by atoms with Gasteiger partial charge in [0.2, 0.25) is 0 Å². The highest BCUT2D eigenvalue weighted by molar-refractivity contribution is 7.99. The number of aromatic amines is 1. The first-order chi connectivity index (χ1) is 11.2. The van der Waals surface area contributed by atoms with Crippen molar-refractivity contribution >= 4 is 29.1 Å². The number of hydrogen-bond donors (Lipinski definition) is 1. The van der Waals surface area contributed by atoms with Gasteiger partial charge in [0.1, 0.15) is 0 Å². The summed E-state index contributed by atoms with van der Waals surface area (Å²) < 4.78 is 1.98. The van der Waals surface area contributed by atoms with E-state index in [1.54, 1.807) is 12.3 Å². The number of halogens is 1. The Morgan fingerprint density at radius 3 is 2.87 bits per heavy atom. The number of hydrogen-bond acceptors (Lipinski definition) is 4. The molecule has 5 nitrogen and oxygen atoms in total. The normalized spacial score (nSPS) is 10.9. The SMILES string of the molecule is CCn1c(SCC(=O)c2ccc[nH]2)nnc1-c1cccc(Cl)c1.